The molecule has 0 aromatic carbocycles. The number of aromatic nitrogens is 2. The van der Waals surface area contributed by atoms with E-state index in [-0.39, 0.29) is 6.61 Å². The van der Waals surface area contributed by atoms with Crippen molar-refractivity contribution >= 4 is 5.97 Å². The predicted octanol–water partition coefficient (Wildman–Crippen LogP) is 1.74. The molecule has 108 valence electrons. The molecule has 1 aromatic rings. The van der Waals surface area contributed by atoms with E-state index in [9.17, 15) is 18.0 Å². The molecule has 0 aliphatic carbocycles. The highest BCUT2D eigenvalue weighted by Crippen LogP contribution is 2.30. The van der Waals surface area contributed by atoms with Crippen molar-refractivity contribution in [3.63, 3.8) is 0 Å². The van der Waals surface area contributed by atoms with Crippen molar-refractivity contribution in [1.29, 1.82) is 0 Å². The van der Waals surface area contributed by atoms with Gasteiger partial charge in [-0.2, -0.15) is 18.3 Å². The summed E-state index contributed by atoms with van der Waals surface area (Å²) in [6.07, 6.45) is -3.12. The Balaban J connectivity index is 3.13. The molecule has 8 heteroatoms. The number of rotatable bonds is 4. The molecule has 1 aromatic heterocycles. The van der Waals surface area contributed by atoms with Gasteiger partial charge in [-0.05, 0) is 20.8 Å². The Morgan fingerprint density at radius 3 is 2.47 bits per heavy atom. The van der Waals surface area contributed by atoms with E-state index in [1.54, 1.807) is 6.92 Å². The molecular formula is C11H16F3N3O2. The van der Waals surface area contributed by atoms with Gasteiger partial charge in [-0.3, -0.25) is 4.68 Å². The summed E-state index contributed by atoms with van der Waals surface area (Å²) in [5.41, 5.74) is 3.77. The minimum Gasteiger partial charge on any atom is -0.464 e. The van der Waals surface area contributed by atoms with Crippen LogP contribution in [0.5, 0.6) is 0 Å². The fourth-order valence-electron chi connectivity index (χ4n) is 1.60. The molecule has 1 atom stereocenters. The fourth-order valence-corrected chi connectivity index (χ4v) is 1.60. The van der Waals surface area contributed by atoms with Crippen molar-refractivity contribution in [3.8, 4) is 0 Å². The maximum absolute atomic E-state index is 12.5. The van der Waals surface area contributed by atoms with Gasteiger partial charge in [0.1, 0.15) is 0 Å². The Kier molecular flexibility index (Phi) is 4.24. The quantitative estimate of drug-likeness (QED) is 0.852. The molecule has 0 amide bonds. The molecule has 0 aliphatic heterocycles. The number of carbonyl (C=O) groups is 1. The van der Waals surface area contributed by atoms with Crippen LogP contribution in [0.15, 0.2) is 12.4 Å². The van der Waals surface area contributed by atoms with Crippen molar-refractivity contribution < 1.29 is 22.7 Å². The number of ether oxygens (including phenoxy) is 1. The van der Waals surface area contributed by atoms with E-state index in [0.717, 1.165) is 10.9 Å². The Labute approximate surface area is 108 Å². The summed E-state index contributed by atoms with van der Waals surface area (Å²) in [6, 6.07) is -1.12. The second-order valence-electron chi connectivity index (χ2n) is 4.68. The van der Waals surface area contributed by atoms with Crippen molar-refractivity contribution in [1.82, 2.24) is 9.78 Å². The molecule has 5 nitrogen and oxygen atoms in total. The first-order chi connectivity index (χ1) is 8.57. The third-order valence-electron chi connectivity index (χ3n) is 2.41. The summed E-state index contributed by atoms with van der Waals surface area (Å²) in [5.74, 6) is -0.716. The number of nitrogens with two attached hydrogens (primary N) is 1. The predicted molar refractivity (Wildman–Crippen MR) is 61.2 cm³/mol. The lowest BCUT2D eigenvalue weighted by Crippen LogP contribution is -2.47. The number of carbonyl (C=O) groups excluding carboxylic acids is 1. The average molecular weight is 279 g/mol. The molecule has 0 fully saturated rings. The first-order valence-corrected chi connectivity index (χ1v) is 5.64. The van der Waals surface area contributed by atoms with Gasteiger partial charge in [-0.15, -0.1) is 0 Å². The SMILES string of the molecule is CCOC(=O)C(n1cc(C(F)(F)F)cn1)C(C)(C)N. The zero-order valence-electron chi connectivity index (χ0n) is 10.9. The zero-order valence-corrected chi connectivity index (χ0v) is 10.9. The average Bonchev–Trinajstić information content (AvgIpc) is 2.64. The van der Waals surface area contributed by atoms with E-state index in [2.05, 4.69) is 5.10 Å². The summed E-state index contributed by atoms with van der Waals surface area (Å²) in [4.78, 5) is 11.8. The van der Waals surface area contributed by atoms with Crippen LogP contribution in [-0.2, 0) is 15.7 Å². The molecule has 0 aliphatic rings. The Hall–Kier alpha value is -1.57. The zero-order chi connectivity index (χ0) is 14.8. The van der Waals surface area contributed by atoms with Gasteiger partial charge < -0.3 is 10.5 Å². The van der Waals surface area contributed by atoms with E-state index < -0.39 is 29.3 Å². The molecular weight excluding hydrogens is 263 g/mol. The Bertz CT molecular complexity index is 449. The molecule has 0 spiro atoms. The molecule has 0 bridgehead atoms. The van der Waals surface area contributed by atoms with Crippen LogP contribution in [-0.4, -0.2) is 27.9 Å². The van der Waals surface area contributed by atoms with Gasteiger partial charge in [0, 0.05) is 11.7 Å². The first-order valence-electron chi connectivity index (χ1n) is 5.64. The molecule has 1 rings (SSSR count). The summed E-state index contributed by atoms with van der Waals surface area (Å²) in [5, 5.41) is 3.57. The third-order valence-corrected chi connectivity index (χ3v) is 2.41. The summed E-state index contributed by atoms with van der Waals surface area (Å²) >= 11 is 0. The molecule has 0 radical (unpaired) electrons. The topological polar surface area (TPSA) is 70.1 Å². The number of hydrogen-bond donors (Lipinski definition) is 1. The highest BCUT2D eigenvalue weighted by molar-refractivity contribution is 5.75. The van der Waals surface area contributed by atoms with Gasteiger partial charge in [0.2, 0.25) is 0 Å². The molecule has 19 heavy (non-hydrogen) atoms. The van der Waals surface area contributed by atoms with Crippen LogP contribution < -0.4 is 5.73 Å². The lowest BCUT2D eigenvalue weighted by molar-refractivity contribution is -0.149. The van der Waals surface area contributed by atoms with Gasteiger partial charge in [0.25, 0.3) is 0 Å². The van der Waals surface area contributed by atoms with Crippen LogP contribution >= 0.6 is 0 Å². The molecule has 0 saturated heterocycles. The summed E-state index contributed by atoms with van der Waals surface area (Å²) in [7, 11) is 0. The Morgan fingerprint density at radius 1 is 1.53 bits per heavy atom. The summed E-state index contributed by atoms with van der Waals surface area (Å²) in [6.45, 7) is 4.74. The van der Waals surface area contributed by atoms with Gasteiger partial charge in [-0.1, -0.05) is 0 Å². The van der Waals surface area contributed by atoms with E-state index in [1.165, 1.54) is 13.8 Å². The van der Waals surface area contributed by atoms with E-state index in [1.807, 2.05) is 0 Å². The van der Waals surface area contributed by atoms with Crippen LogP contribution in [0.2, 0.25) is 0 Å². The van der Waals surface area contributed by atoms with Crippen LogP contribution in [0, 0.1) is 0 Å². The highest BCUT2D eigenvalue weighted by atomic mass is 19.4. The van der Waals surface area contributed by atoms with Crippen LogP contribution in [0.4, 0.5) is 13.2 Å². The lowest BCUT2D eigenvalue weighted by atomic mass is 9.96. The Morgan fingerprint density at radius 2 is 2.11 bits per heavy atom. The van der Waals surface area contributed by atoms with Crippen LogP contribution in [0.3, 0.4) is 0 Å². The fraction of sp³-hybridized carbons (Fsp3) is 0.636. The maximum Gasteiger partial charge on any atom is 0.419 e. The second-order valence-corrected chi connectivity index (χ2v) is 4.68. The van der Waals surface area contributed by atoms with Crippen molar-refractivity contribution in [2.45, 2.75) is 38.5 Å². The van der Waals surface area contributed by atoms with Gasteiger partial charge in [0.15, 0.2) is 6.04 Å². The normalized spacial score (nSPS) is 14.3. The standard InChI is InChI=1S/C11H16F3N3O2/c1-4-19-9(18)8(10(2,3)15)17-6-7(5-16-17)11(12,13)14/h5-6,8H,4,15H2,1-3H3. The summed E-state index contributed by atoms with van der Waals surface area (Å²) < 4.78 is 43.2. The first kappa shape index (κ1) is 15.5. The van der Waals surface area contributed by atoms with E-state index in [0.29, 0.717) is 6.20 Å². The lowest BCUT2D eigenvalue weighted by Gasteiger charge is -2.28. The highest BCUT2D eigenvalue weighted by Gasteiger charge is 2.38. The number of hydrogen-bond acceptors (Lipinski definition) is 4. The van der Waals surface area contributed by atoms with E-state index in [4.69, 9.17) is 10.5 Å². The van der Waals surface area contributed by atoms with Crippen molar-refractivity contribution in [2.75, 3.05) is 6.61 Å². The van der Waals surface area contributed by atoms with E-state index >= 15 is 0 Å². The van der Waals surface area contributed by atoms with Gasteiger partial charge in [0.05, 0.1) is 18.4 Å². The molecule has 1 unspecified atom stereocenters. The number of halogens is 3. The largest absolute Gasteiger partial charge is 0.464 e. The second kappa shape index (κ2) is 5.20. The smallest absolute Gasteiger partial charge is 0.419 e. The third kappa shape index (κ3) is 3.69. The number of nitrogens with zero attached hydrogens (tertiary/aromatic N) is 2. The monoisotopic (exact) mass is 279 g/mol. The van der Waals surface area contributed by atoms with Gasteiger partial charge >= 0.3 is 12.1 Å². The van der Waals surface area contributed by atoms with Crippen molar-refractivity contribution in [3.05, 3.63) is 18.0 Å². The van der Waals surface area contributed by atoms with Crippen LogP contribution in [0.1, 0.15) is 32.4 Å². The van der Waals surface area contributed by atoms with Crippen molar-refractivity contribution in [2.24, 2.45) is 5.73 Å². The van der Waals surface area contributed by atoms with Crippen LogP contribution in [0.25, 0.3) is 0 Å². The minimum atomic E-state index is -4.52. The molecule has 1 heterocycles. The number of esters is 1. The maximum atomic E-state index is 12.5. The molecule has 0 saturated carbocycles. The molecule has 2 N–H and O–H groups in total. The number of alkyl halides is 3. The minimum absolute atomic E-state index is 0.110. The van der Waals surface area contributed by atoms with Gasteiger partial charge in [-0.25, -0.2) is 4.79 Å².